The summed E-state index contributed by atoms with van der Waals surface area (Å²) in [5.74, 6) is 0.124. The number of aromatic hydroxyl groups is 1. The van der Waals surface area contributed by atoms with E-state index in [1.807, 2.05) is 6.07 Å². The Labute approximate surface area is 227 Å². The second-order valence-electron chi connectivity index (χ2n) is 9.58. The number of phenols is 1. The lowest BCUT2D eigenvalue weighted by Gasteiger charge is -2.16. The summed E-state index contributed by atoms with van der Waals surface area (Å²) in [4.78, 5) is 14.3. The minimum Gasteiger partial charge on any atom is -0.506 e. The highest BCUT2D eigenvalue weighted by Gasteiger charge is 2.10. The molecule has 38 heavy (non-hydrogen) atoms. The first-order valence-corrected chi connectivity index (χ1v) is 13.9. The Morgan fingerprint density at radius 2 is 1.58 bits per heavy atom. The Morgan fingerprint density at radius 1 is 0.842 bits per heavy atom. The maximum atomic E-state index is 11.7. The number of H-pyrrole nitrogens is 1. The number of aromatic amines is 1. The summed E-state index contributed by atoms with van der Waals surface area (Å²) in [6.07, 6.45) is 1.75. The van der Waals surface area contributed by atoms with Gasteiger partial charge in [0.2, 0.25) is 0 Å². The minimum absolute atomic E-state index is 0.124. The van der Waals surface area contributed by atoms with Crippen molar-refractivity contribution in [3.05, 3.63) is 123 Å². The molecular formula is C32H33N3O2S. The molecular weight excluding hydrogens is 490 g/mol. The highest BCUT2D eigenvalue weighted by molar-refractivity contribution is 7.16. The highest BCUT2D eigenvalue weighted by Crippen LogP contribution is 2.28. The average Bonchev–Trinajstić information content (AvgIpc) is 3.36. The molecule has 6 heteroatoms. The molecule has 0 aliphatic heterocycles. The van der Waals surface area contributed by atoms with Crippen LogP contribution in [0, 0.1) is 0 Å². The molecule has 4 aromatic carbocycles. The fourth-order valence-corrected chi connectivity index (χ4v) is 5.68. The van der Waals surface area contributed by atoms with E-state index in [9.17, 15) is 9.90 Å². The monoisotopic (exact) mass is 523 g/mol. The summed E-state index contributed by atoms with van der Waals surface area (Å²) in [6, 6.07) is 31.9. The molecule has 5 rings (SSSR count). The predicted molar refractivity (Wildman–Crippen MR) is 158 cm³/mol. The summed E-state index contributed by atoms with van der Waals surface area (Å²) >= 11 is 1.15. The first kappa shape index (κ1) is 25.9. The maximum Gasteiger partial charge on any atom is 0.305 e. The van der Waals surface area contributed by atoms with Gasteiger partial charge in [-0.25, -0.2) is 0 Å². The quantitative estimate of drug-likeness (QED) is 0.156. The summed E-state index contributed by atoms with van der Waals surface area (Å²) in [5, 5.41) is 17.1. The molecule has 0 saturated carbocycles. The lowest BCUT2D eigenvalue weighted by atomic mass is 9.97. The molecule has 0 aliphatic rings. The number of phenolic OH excluding ortho intramolecular Hbond substituents is 1. The molecule has 0 unspecified atom stereocenters. The first-order chi connectivity index (χ1) is 18.6. The van der Waals surface area contributed by atoms with Crippen molar-refractivity contribution in [2.75, 3.05) is 13.1 Å². The van der Waals surface area contributed by atoms with Gasteiger partial charge in [0.1, 0.15) is 11.3 Å². The molecule has 0 saturated heterocycles. The van der Waals surface area contributed by atoms with Crippen molar-refractivity contribution in [3.8, 4) is 16.9 Å². The van der Waals surface area contributed by atoms with Crippen LogP contribution in [0.25, 0.3) is 21.3 Å². The van der Waals surface area contributed by atoms with E-state index in [0.29, 0.717) is 5.52 Å². The zero-order chi connectivity index (χ0) is 26.3. The van der Waals surface area contributed by atoms with Gasteiger partial charge in [-0.1, -0.05) is 96.3 Å². The van der Waals surface area contributed by atoms with E-state index in [-0.39, 0.29) is 16.7 Å². The lowest BCUT2D eigenvalue weighted by molar-refractivity contribution is 0.480. The number of aromatic nitrogens is 1. The molecule has 194 valence electrons. The largest absolute Gasteiger partial charge is 0.506 e. The molecule has 4 N–H and O–H groups in total. The van der Waals surface area contributed by atoms with E-state index in [1.165, 1.54) is 27.8 Å². The number of hydrogen-bond donors (Lipinski definition) is 4. The molecule has 1 atom stereocenters. The Balaban J connectivity index is 1.13. The Kier molecular flexibility index (Phi) is 8.34. The van der Waals surface area contributed by atoms with Crippen molar-refractivity contribution < 1.29 is 5.11 Å². The lowest BCUT2D eigenvalue weighted by Crippen LogP contribution is -2.20. The van der Waals surface area contributed by atoms with Crippen molar-refractivity contribution in [2.45, 2.75) is 32.4 Å². The van der Waals surface area contributed by atoms with Gasteiger partial charge in [0.15, 0.2) is 0 Å². The number of hydrogen-bond acceptors (Lipinski definition) is 5. The maximum absolute atomic E-state index is 11.7. The molecule has 1 aromatic heterocycles. The second-order valence-corrected chi connectivity index (χ2v) is 10.6. The second kappa shape index (κ2) is 12.2. The Bertz CT molecular complexity index is 1540. The molecule has 0 radical (unpaired) electrons. The van der Waals surface area contributed by atoms with Gasteiger partial charge in [0.25, 0.3) is 0 Å². The van der Waals surface area contributed by atoms with Gasteiger partial charge >= 0.3 is 4.87 Å². The summed E-state index contributed by atoms with van der Waals surface area (Å²) in [5.41, 5.74) is 7.99. The van der Waals surface area contributed by atoms with Gasteiger partial charge in [-0.15, -0.1) is 0 Å². The van der Waals surface area contributed by atoms with Crippen molar-refractivity contribution in [2.24, 2.45) is 0 Å². The first-order valence-electron chi connectivity index (χ1n) is 13.1. The average molecular weight is 524 g/mol. The van der Waals surface area contributed by atoms with Crippen LogP contribution in [0.4, 0.5) is 0 Å². The zero-order valence-corrected chi connectivity index (χ0v) is 22.4. The predicted octanol–water partition coefficient (Wildman–Crippen LogP) is 6.19. The number of rotatable bonds is 11. The third-order valence-corrected chi connectivity index (χ3v) is 7.94. The molecule has 0 aliphatic carbocycles. The third kappa shape index (κ3) is 6.22. The summed E-state index contributed by atoms with van der Waals surface area (Å²) < 4.78 is 0.845. The van der Waals surface area contributed by atoms with Gasteiger partial charge in [-0.3, -0.25) is 4.79 Å². The van der Waals surface area contributed by atoms with E-state index < -0.39 is 0 Å². The van der Waals surface area contributed by atoms with Crippen molar-refractivity contribution in [3.63, 3.8) is 0 Å². The summed E-state index contributed by atoms with van der Waals surface area (Å²) in [7, 11) is 0. The van der Waals surface area contributed by atoms with Crippen LogP contribution >= 0.6 is 11.3 Å². The van der Waals surface area contributed by atoms with Gasteiger partial charge in [0, 0.05) is 12.6 Å². The van der Waals surface area contributed by atoms with Crippen LogP contribution in [-0.4, -0.2) is 23.2 Å². The Hall–Kier alpha value is -3.71. The van der Waals surface area contributed by atoms with Crippen LogP contribution in [0.15, 0.2) is 95.8 Å². The van der Waals surface area contributed by atoms with Crippen molar-refractivity contribution in [1.29, 1.82) is 0 Å². The number of thiazole rings is 1. The molecule has 5 nitrogen and oxygen atoms in total. The fraction of sp³-hybridized carbons (Fsp3) is 0.219. The van der Waals surface area contributed by atoms with E-state index in [1.54, 1.807) is 6.07 Å². The Morgan fingerprint density at radius 3 is 2.39 bits per heavy atom. The molecule has 0 bridgehead atoms. The molecule has 1 heterocycles. The molecule has 5 aromatic rings. The van der Waals surface area contributed by atoms with Crippen LogP contribution in [0.5, 0.6) is 5.75 Å². The van der Waals surface area contributed by atoms with Gasteiger partial charge in [-0.2, -0.15) is 0 Å². The normalized spacial score (nSPS) is 12.1. The van der Waals surface area contributed by atoms with E-state index >= 15 is 0 Å². The van der Waals surface area contributed by atoms with Gasteiger partial charge in [0.05, 0.1) is 4.70 Å². The highest BCUT2D eigenvalue weighted by atomic mass is 32.1. The van der Waals surface area contributed by atoms with Crippen molar-refractivity contribution >= 4 is 21.6 Å². The van der Waals surface area contributed by atoms with Crippen LogP contribution in [0.2, 0.25) is 0 Å². The van der Waals surface area contributed by atoms with Crippen molar-refractivity contribution in [1.82, 2.24) is 15.6 Å². The number of benzene rings is 4. The summed E-state index contributed by atoms with van der Waals surface area (Å²) in [6.45, 7) is 4.70. The van der Waals surface area contributed by atoms with Crippen LogP contribution < -0.4 is 15.5 Å². The van der Waals surface area contributed by atoms with Gasteiger partial charge in [-0.05, 0) is 72.3 Å². The minimum atomic E-state index is -0.139. The smallest absolute Gasteiger partial charge is 0.305 e. The number of nitrogens with one attached hydrogen (secondary N) is 3. The topological polar surface area (TPSA) is 77.2 Å². The zero-order valence-electron chi connectivity index (χ0n) is 21.5. The van der Waals surface area contributed by atoms with E-state index in [2.05, 4.69) is 101 Å². The van der Waals surface area contributed by atoms with Crippen LogP contribution in [0.1, 0.15) is 35.2 Å². The molecule has 0 spiro atoms. The SMILES string of the molecule is C[C@@H](NCc1ccccc1-c1ccc(CCNCCc2ccc(O)c3[nH]c(=O)sc23)cc1)c1ccccc1. The van der Waals surface area contributed by atoms with E-state index in [4.69, 9.17) is 0 Å². The van der Waals surface area contributed by atoms with Crippen LogP contribution in [-0.2, 0) is 19.4 Å². The van der Waals surface area contributed by atoms with E-state index in [0.717, 1.165) is 54.1 Å². The third-order valence-electron chi connectivity index (χ3n) is 6.98. The number of fused-ring (bicyclic) bond motifs is 1. The standard InChI is InChI=1S/C32H33N3O2S/c1-22(24-7-3-2-4-8-24)34-21-27-9-5-6-10-28(27)25-13-11-23(12-14-25)17-19-33-20-18-26-15-16-29(36)30-31(26)38-32(37)35-30/h2-16,22,33-34,36H,17-21H2,1H3,(H,35,37)/t22-/m1/s1. The van der Waals surface area contributed by atoms with Gasteiger partial charge < -0.3 is 20.7 Å². The molecule has 0 fully saturated rings. The van der Waals surface area contributed by atoms with Crippen LogP contribution in [0.3, 0.4) is 0 Å². The molecule has 0 amide bonds. The fourth-order valence-electron chi connectivity index (χ4n) is 4.78.